The number of aromatic amines is 1. The number of fused-ring (bicyclic) bond motifs is 3. The first kappa shape index (κ1) is 53.4. The zero-order valence-electron chi connectivity index (χ0n) is 42.2. The lowest BCUT2D eigenvalue weighted by Crippen LogP contribution is -2.40. The quantitative estimate of drug-likeness (QED) is 0.192. The first-order chi connectivity index (χ1) is 31.6. The second-order valence-electron chi connectivity index (χ2n) is 21.4. The minimum atomic E-state index is -0.444. The van der Waals surface area contributed by atoms with Crippen LogP contribution in [0.2, 0.25) is 0 Å². The molecule has 6 aliphatic rings. The number of imidazole rings is 3. The van der Waals surface area contributed by atoms with Gasteiger partial charge in [-0.25, -0.2) is 29.3 Å². The highest BCUT2D eigenvalue weighted by Gasteiger charge is 2.32. The van der Waals surface area contributed by atoms with E-state index in [9.17, 15) is 14.4 Å². The van der Waals surface area contributed by atoms with Crippen molar-refractivity contribution in [2.24, 2.45) is 0 Å². The van der Waals surface area contributed by atoms with E-state index in [2.05, 4.69) is 45.0 Å². The summed E-state index contributed by atoms with van der Waals surface area (Å²) in [5.41, 5.74) is 5.47. The maximum atomic E-state index is 12.3. The Balaban J connectivity index is 0.000000173. The van der Waals surface area contributed by atoms with Gasteiger partial charge >= 0.3 is 18.3 Å². The van der Waals surface area contributed by atoms with Gasteiger partial charge < -0.3 is 43.0 Å². The molecule has 3 aromatic rings. The third-order valence-electron chi connectivity index (χ3n) is 12.3. The van der Waals surface area contributed by atoms with Gasteiger partial charge in [-0.05, 0) is 101 Å². The van der Waals surface area contributed by atoms with E-state index in [1.54, 1.807) is 27.1 Å². The van der Waals surface area contributed by atoms with Crippen molar-refractivity contribution in [2.45, 2.75) is 219 Å². The van der Waals surface area contributed by atoms with Crippen LogP contribution in [0.5, 0.6) is 0 Å². The third kappa shape index (κ3) is 16.6. The van der Waals surface area contributed by atoms with Crippen LogP contribution in [0.1, 0.15) is 193 Å². The Hall–Kier alpha value is -4.59. The zero-order valence-corrected chi connectivity index (χ0v) is 43.8. The topological polar surface area (TPSA) is 177 Å². The van der Waals surface area contributed by atoms with Crippen LogP contribution in [0.25, 0.3) is 0 Å². The molecule has 6 heterocycles. The molecule has 0 radical (unpaired) electrons. The molecular weight excluding hydrogens is 917 g/mol. The van der Waals surface area contributed by atoms with Crippen LogP contribution in [-0.2, 0) is 53.1 Å². The van der Waals surface area contributed by atoms with E-state index in [-0.39, 0.29) is 18.3 Å². The molecule has 3 amide bonds. The average molecular weight is 996 g/mol. The number of rotatable bonds is 2. The summed E-state index contributed by atoms with van der Waals surface area (Å²) in [4.78, 5) is 58.7. The number of ether oxygens (including phenoxy) is 3. The van der Waals surface area contributed by atoms with Gasteiger partial charge in [0.15, 0.2) is 0 Å². The zero-order chi connectivity index (χ0) is 48.9. The molecule has 3 fully saturated rings. The van der Waals surface area contributed by atoms with Crippen molar-refractivity contribution in [1.82, 2.24) is 43.8 Å². The van der Waals surface area contributed by atoms with Crippen molar-refractivity contribution in [2.75, 3.05) is 19.6 Å². The molecule has 3 aliphatic carbocycles. The lowest BCUT2D eigenvalue weighted by Gasteiger charge is -2.31. The molecule has 16 nitrogen and oxygen atoms in total. The second kappa shape index (κ2) is 24.1. The summed E-state index contributed by atoms with van der Waals surface area (Å²) >= 11 is 3.54. The molecule has 0 unspecified atom stereocenters. The van der Waals surface area contributed by atoms with Gasteiger partial charge in [-0.2, -0.15) is 5.26 Å². The van der Waals surface area contributed by atoms with Crippen LogP contribution in [0, 0.1) is 11.3 Å². The largest absolute Gasteiger partial charge is 0.444 e. The molecule has 3 aliphatic heterocycles. The number of aromatic nitrogens is 6. The smallest absolute Gasteiger partial charge is 0.410 e. The third-order valence-corrected chi connectivity index (χ3v) is 13.3. The van der Waals surface area contributed by atoms with Crippen LogP contribution < -0.4 is 0 Å². The summed E-state index contributed by atoms with van der Waals surface area (Å²) in [5.74, 6) is 0. The first-order valence-corrected chi connectivity index (χ1v) is 25.5. The number of amides is 3. The molecule has 3 saturated carbocycles. The standard InChI is InChI=1S/2C16H25N3O2.C11H17N3O2.C5H9Br.C2H3N/c1-16(2,3)21-15(20)18-9-8-14-13(10-18)17-11-19(14)12-6-4-5-7-12;1-16(2,3)21-15(20)18-9-8-13-14(10-18)19(11-17-13)12-6-4-5-7-12;1-11(2,3)16-10(15)14-5-4-8-9(6-14)13-7-12-8;6-5-3-1-2-4-5;1-2-3/h2*11-12H,4-10H2,1-3H3;7H,4-6H2,1-3H3,(H,12,13);5H,1-4H2;1H3. The summed E-state index contributed by atoms with van der Waals surface area (Å²) in [6.45, 7) is 22.3. The van der Waals surface area contributed by atoms with E-state index >= 15 is 0 Å². The Labute approximate surface area is 408 Å². The van der Waals surface area contributed by atoms with Crippen molar-refractivity contribution < 1.29 is 28.6 Å². The average Bonchev–Trinajstić information content (AvgIpc) is 4.11. The Bertz CT molecular complexity index is 2090. The molecule has 372 valence electrons. The van der Waals surface area contributed by atoms with E-state index in [1.165, 1.54) is 95.4 Å². The summed E-state index contributed by atoms with van der Waals surface area (Å²) in [5, 5.41) is 7.32. The Morgan fingerprint density at radius 3 is 1.46 bits per heavy atom. The number of nitrogens with zero attached hydrogens (tertiary/aromatic N) is 9. The highest BCUT2D eigenvalue weighted by Crippen LogP contribution is 2.34. The predicted molar refractivity (Wildman–Crippen MR) is 262 cm³/mol. The fourth-order valence-corrected chi connectivity index (χ4v) is 9.82. The highest BCUT2D eigenvalue weighted by molar-refractivity contribution is 9.09. The van der Waals surface area contributed by atoms with Crippen molar-refractivity contribution in [3.05, 3.63) is 53.1 Å². The van der Waals surface area contributed by atoms with Crippen molar-refractivity contribution in [3.8, 4) is 6.07 Å². The van der Waals surface area contributed by atoms with Crippen molar-refractivity contribution >= 4 is 34.2 Å². The SMILES string of the molecule is BrC1CCCC1.CC#N.CC(C)(C)OC(=O)N1CCc2c(ncn2C2CCCC2)C1.CC(C)(C)OC(=O)N1CCc2nc[nH]c2C1.CC(C)(C)OC(=O)N1CCc2ncn(C3CCCC3)c2C1. The van der Waals surface area contributed by atoms with Crippen molar-refractivity contribution in [3.63, 3.8) is 0 Å². The maximum Gasteiger partial charge on any atom is 0.410 e. The Morgan fingerprint density at radius 1 is 0.597 bits per heavy atom. The van der Waals surface area contributed by atoms with Crippen LogP contribution in [0.15, 0.2) is 19.0 Å². The van der Waals surface area contributed by atoms with Gasteiger partial charge in [-0.15, -0.1) is 0 Å². The number of hydrogen-bond donors (Lipinski definition) is 1. The maximum absolute atomic E-state index is 12.3. The Kier molecular flexibility index (Phi) is 19.2. The van der Waals surface area contributed by atoms with E-state index in [0.29, 0.717) is 44.8 Å². The summed E-state index contributed by atoms with van der Waals surface area (Å²) < 4.78 is 20.9. The van der Waals surface area contributed by atoms with Gasteiger partial charge in [-0.1, -0.05) is 54.5 Å². The van der Waals surface area contributed by atoms with E-state index in [1.807, 2.05) is 75.0 Å². The van der Waals surface area contributed by atoms with Gasteiger partial charge in [0.25, 0.3) is 0 Å². The molecule has 0 aromatic carbocycles. The number of hydrogen-bond acceptors (Lipinski definition) is 10. The van der Waals surface area contributed by atoms with Crippen LogP contribution in [0.3, 0.4) is 0 Å². The fraction of sp³-hybridized carbons (Fsp3) is 0.740. The van der Waals surface area contributed by atoms with Gasteiger partial charge in [0.1, 0.15) is 16.8 Å². The number of H-pyrrole nitrogens is 1. The molecule has 17 heteroatoms. The van der Waals surface area contributed by atoms with Crippen LogP contribution >= 0.6 is 15.9 Å². The van der Waals surface area contributed by atoms with Gasteiger partial charge in [-0.3, -0.25) is 0 Å². The minimum absolute atomic E-state index is 0.215. The van der Waals surface area contributed by atoms with Crippen LogP contribution in [0.4, 0.5) is 14.4 Å². The van der Waals surface area contributed by atoms with E-state index in [0.717, 1.165) is 53.4 Å². The lowest BCUT2D eigenvalue weighted by atomic mass is 10.1. The molecule has 1 N–H and O–H groups in total. The van der Waals surface area contributed by atoms with Crippen molar-refractivity contribution in [1.29, 1.82) is 5.26 Å². The molecular formula is C50H79BrN10O6. The number of halogens is 1. The number of nitrogens with one attached hydrogen (secondary N) is 1. The molecule has 0 saturated heterocycles. The first-order valence-electron chi connectivity index (χ1n) is 24.6. The van der Waals surface area contributed by atoms with E-state index < -0.39 is 16.8 Å². The molecule has 0 spiro atoms. The molecule has 67 heavy (non-hydrogen) atoms. The fourth-order valence-electron chi connectivity index (χ4n) is 9.17. The molecule has 0 bridgehead atoms. The Morgan fingerprint density at radius 2 is 1.00 bits per heavy atom. The molecule has 3 aromatic heterocycles. The predicted octanol–water partition coefficient (Wildman–Crippen LogP) is 11.1. The molecule has 9 rings (SSSR count). The summed E-state index contributed by atoms with van der Waals surface area (Å²) in [6.07, 6.45) is 23.3. The number of carbonyl (C=O) groups excluding carboxylic acids is 3. The number of alkyl halides is 1. The normalized spacial score (nSPS) is 18.5. The van der Waals surface area contributed by atoms with Crippen LogP contribution in [-0.4, -0.2) is 103 Å². The lowest BCUT2D eigenvalue weighted by molar-refractivity contribution is 0.0208. The highest BCUT2D eigenvalue weighted by atomic mass is 79.9. The van der Waals surface area contributed by atoms with Gasteiger partial charge in [0.05, 0.1) is 73.2 Å². The molecule has 0 atom stereocenters. The van der Waals surface area contributed by atoms with Gasteiger partial charge in [0, 0.05) is 68.4 Å². The monoisotopic (exact) mass is 995 g/mol. The number of nitriles is 1. The van der Waals surface area contributed by atoms with Gasteiger partial charge in [0.2, 0.25) is 0 Å². The number of carbonyl (C=O) groups is 3. The van der Waals surface area contributed by atoms with E-state index in [4.69, 9.17) is 19.5 Å². The second-order valence-corrected chi connectivity index (χ2v) is 22.7. The summed E-state index contributed by atoms with van der Waals surface area (Å²) in [7, 11) is 0. The minimum Gasteiger partial charge on any atom is -0.444 e. The summed E-state index contributed by atoms with van der Waals surface area (Å²) in [6, 6.07) is 2.94.